The topological polar surface area (TPSA) is 58.4 Å². The molecule has 1 saturated carbocycles. The zero-order valence-electron chi connectivity index (χ0n) is 11.4. The summed E-state index contributed by atoms with van der Waals surface area (Å²) < 4.78 is 0. The van der Waals surface area contributed by atoms with E-state index in [0.29, 0.717) is 12.0 Å². The number of carbonyl (C=O) groups is 1. The molecule has 0 aromatic rings. The van der Waals surface area contributed by atoms with Crippen LogP contribution in [0, 0.1) is 5.92 Å². The van der Waals surface area contributed by atoms with Crippen molar-refractivity contribution in [2.45, 2.75) is 64.5 Å². The van der Waals surface area contributed by atoms with Crippen molar-refractivity contribution in [2.75, 3.05) is 7.05 Å². The average Bonchev–Trinajstić information content (AvgIpc) is 2.35. The molecule has 0 aromatic carbocycles. The van der Waals surface area contributed by atoms with E-state index < -0.39 is 0 Å². The molecular weight excluding hydrogens is 214 g/mol. The summed E-state index contributed by atoms with van der Waals surface area (Å²) in [5.74, 6) is 5.91. The van der Waals surface area contributed by atoms with E-state index in [1.807, 2.05) is 0 Å². The lowest BCUT2D eigenvalue weighted by atomic mass is 9.84. The molecule has 17 heavy (non-hydrogen) atoms. The SMILES string of the molecule is CCCC(C(=O)NN)N(C)C1CCCCC1C. The number of nitrogens with two attached hydrogens (primary N) is 1. The van der Waals surface area contributed by atoms with Crippen LogP contribution >= 0.6 is 0 Å². The zero-order valence-corrected chi connectivity index (χ0v) is 11.4. The van der Waals surface area contributed by atoms with E-state index in [0.717, 1.165) is 12.8 Å². The number of carbonyl (C=O) groups excluding carboxylic acids is 1. The fraction of sp³-hybridized carbons (Fsp3) is 0.923. The van der Waals surface area contributed by atoms with Crippen molar-refractivity contribution in [1.29, 1.82) is 0 Å². The summed E-state index contributed by atoms with van der Waals surface area (Å²) in [5.41, 5.74) is 2.30. The predicted molar refractivity (Wildman–Crippen MR) is 70.2 cm³/mol. The summed E-state index contributed by atoms with van der Waals surface area (Å²) in [6.07, 6.45) is 6.97. The minimum Gasteiger partial charge on any atom is -0.293 e. The second-order valence-electron chi connectivity index (χ2n) is 5.31. The largest absolute Gasteiger partial charge is 0.293 e. The highest BCUT2D eigenvalue weighted by molar-refractivity contribution is 5.81. The first kappa shape index (κ1) is 14.5. The molecule has 0 bridgehead atoms. The van der Waals surface area contributed by atoms with Crippen LogP contribution in [0.15, 0.2) is 0 Å². The number of hydrazine groups is 1. The lowest BCUT2D eigenvalue weighted by Crippen LogP contribution is -2.53. The number of hydrogen-bond donors (Lipinski definition) is 2. The van der Waals surface area contributed by atoms with Crippen molar-refractivity contribution in [1.82, 2.24) is 10.3 Å². The van der Waals surface area contributed by atoms with Gasteiger partial charge in [-0.15, -0.1) is 0 Å². The Morgan fingerprint density at radius 3 is 2.65 bits per heavy atom. The van der Waals surface area contributed by atoms with E-state index in [-0.39, 0.29) is 11.9 Å². The molecule has 1 amide bonds. The molecule has 1 aliphatic carbocycles. The normalized spacial score (nSPS) is 26.9. The highest BCUT2D eigenvalue weighted by Crippen LogP contribution is 2.29. The van der Waals surface area contributed by atoms with E-state index in [2.05, 4.69) is 31.2 Å². The summed E-state index contributed by atoms with van der Waals surface area (Å²) in [6.45, 7) is 4.40. The van der Waals surface area contributed by atoms with Crippen LogP contribution in [0.1, 0.15) is 52.4 Å². The average molecular weight is 241 g/mol. The Morgan fingerprint density at radius 2 is 2.12 bits per heavy atom. The van der Waals surface area contributed by atoms with Gasteiger partial charge < -0.3 is 0 Å². The van der Waals surface area contributed by atoms with Crippen molar-refractivity contribution in [3.8, 4) is 0 Å². The van der Waals surface area contributed by atoms with Gasteiger partial charge in [0.2, 0.25) is 0 Å². The highest BCUT2D eigenvalue weighted by Gasteiger charge is 2.31. The van der Waals surface area contributed by atoms with Crippen LogP contribution in [0.5, 0.6) is 0 Å². The Labute approximate surface area is 105 Å². The maximum atomic E-state index is 11.8. The van der Waals surface area contributed by atoms with E-state index >= 15 is 0 Å². The van der Waals surface area contributed by atoms with Crippen molar-refractivity contribution in [3.63, 3.8) is 0 Å². The summed E-state index contributed by atoms with van der Waals surface area (Å²) in [5, 5.41) is 0. The van der Waals surface area contributed by atoms with Gasteiger partial charge in [-0.3, -0.25) is 15.1 Å². The first-order valence-electron chi connectivity index (χ1n) is 6.84. The van der Waals surface area contributed by atoms with Crippen molar-refractivity contribution < 1.29 is 4.79 Å². The molecule has 3 unspecified atom stereocenters. The Morgan fingerprint density at radius 1 is 1.47 bits per heavy atom. The first-order valence-corrected chi connectivity index (χ1v) is 6.84. The Hall–Kier alpha value is -0.610. The van der Waals surface area contributed by atoms with Gasteiger partial charge in [0.05, 0.1) is 6.04 Å². The van der Waals surface area contributed by atoms with Gasteiger partial charge in [-0.05, 0) is 32.2 Å². The van der Waals surface area contributed by atoms with Crippen molar-refractivity contribution in [3.05, 3.63) is 0 Å². The molecule has 0 heterocycles. The maximum absolute atomic E-state index is 11.8. The van der Waals surface area contributed by atoms with Gasteiger partial charge >= 0.3 is 0 Å². The number of nitrogens with zero attached hydrogens (tertiary/aromatic N) is 1. The molecule has 0 aromatic heterocycles. The van der Waals surface area contributed by atoms with Gasteiger partial charge in [0.15, 0.2) is 0 Å². The summed E-state index contributed by atoms with van der Waals surface area (Å²) in [6, 6.07) is 0.452. The van der Waals surface area contributed by atoms with Crippen LogP contribution in [0.4, 0.5) is 0 Å². The fourth-order valence-electron chi connectivity index (χ4n) is 3.02. The molecular formula is C13H27N3O. The number of likely N-dealkylation sites (N-methyl/N-ethyl adjacent to an activating group) is 1. The Kier molecular flexibility index (Phi) is 5.92. The number of amides is 1. The van der Waals surface area contributed by atoms with E-state index in [4.69, 9.17) is 5.84 Å². The molecule has 0 aliphatic heterocycles. The third-order valence-electron chi connectivity index (χ3n) is 4.09. The van der Waals surface area contributed by atoms with Crippen LogP contribution < -0.4 is 11.3 Å². The number of hydrogen-bond acceptors (Lipinski definition) is 3. The van der Waals surface area contributed by atoms with Crippen LogP contribution in [0.25, 0.3) is 0 Å². The van der Waals surface area contributed by atoms with Gasteiger partial charge in [0, 0.05) is 6.04 Å². The third-order valence-corrected chi connectivity index (χ3v) is 4.09. The van der Waals surface area contributed by atoms with Gasteiger partial charge in [-0.25, -0.2) is 5.84 Å². The summed E-state index contributed by atoms with van der Waals surface area (Å²) in [4.78, 5) is 14.1. The lowest BCUT2D eigenvalue weighted by Gasteiger charge is -2.40. The van der Waals surface area contributed by atoms with Gasteiger partial charge in [0.25, 0.3) is 5.91 Å². The van der Waals surface area contributed by atoms with Crippen molar-refractivity contribution >= 4 is 5.91 Å². The van der Waals surface area contributed by atoms with Gasteiger partial charge in [-0.2, -0.15) is 0 Å². The molecule has 0 spiro atoms. The Balaban J connectivity index is 2.68. The first-order chi connectivity index (χ1) is 8.11. The van der Waals surface area contributed by atoms with Crippen LogP contribution in [-0.4, -0.2) is 29.9 Å². The quantitative estimate of drug-likeness (QED) is 0.437. The van der Waals surface area contributed by atoms with Crippen LogP contribution in [0.2, 0.25) is 0 Å². The monoisotopic (exact) mass is 241 g/mol. The van der Waals surface area contributed by atoms with E-state index in [1.54, 1.807) is 0 Å². The number of rotatable bonds is 5. The van der Waals surface area contributed by atoms with Crippen LogP contribution in [-0.2, 0) is 4.79 Å². The van der Waals surface area contributed by atoms with Gasteiger partial charge in [0.1, 0.15) is 0 Å². The molecule has 4 heteroatoms. The second-order valence-corrected chi connectivity index (χ2v) is 5.31. The van der Waals surface area contributed by atoms with E-state index in [1.165, 1.54) is 25.7 Å². The van der Waals surface area contributed by atoms with E-state index in [9.17, 15) is 4.79 Å². The number of nitrogens with one attached hydrogen (secondary N) is 1. The summed E-state index contributed by atoms with van der Waals surface area (Å²) in [7, 11) is 2.07. The third kappa shape index (κ3) is 3.68. The predicted octanol–water partition coefficient (Wildman–Crippen LogP) is 1.66. The minimum absolute atomic E-state index is 0.0490. The molecule has 1 aliphatic rings. The molecule has 100 valence electrons. The highest BCUT2D eigenvalue weighted by atomic mass is 16.2. The maximum Gasteiger partial charge on any atom is 0.251 e. The standard InChI is InChI=1S/C13H27N3O/c1-4-7-12(13(17)15-14)16(3)11-9-6-5-8-10(11)2/h10-12H,4-9,14H2,1-3H3,(H,15,17). The van der Waals surface area contributed by atoms with Crippen molar-refractivity contribution in [2.24, 2.45) is 11.8 Å². The minimum atomic E-state index is -0.0736. The molecule has 0 radical (unpaired) electrons. The molecule has 1 rings (SSSR count). The summed E-state index contributed by atoms with van der Waals surface area (Å²) >= 11 is 0. The lowest BCUT2D eigenvalue weighted by molar-refractivity contribution is -0.127. The molecule has 3 N–H and O–H groups in total. The molecule has 0 saturated heterocycles. The second kappa shape index (κ2) is 6.97. The smallest absolute Gasteiger partial charge is 0.251 e. The molecule has 1 fully saturated rings. The van der Waals surface area contributed by atoms with Gasteiger partial charge in [-0.1, -0.05) is 33.1 Å². The molecule has 3 atom stereocenters. The zero-order chi connectivity index (χ0) is 12.8. The Bertz CT molecular complexity index is 245. The fourth-order valence-corrected chi connectivity index (χ4v) is 3.02. The van der Waals surface area contributed by atoms with Crippen LogP contribution in [0.3, 0.4) is 0 Å². The molecule has 4 nitrogen and oxygen atoms in total.